The van der Waals surface area contributed by atoms with Crippen LogP contribution >= 0.6 is 0 Å². The molecule has 2 aromatic rings. The molecule has 1 aromatic carbocycles. The second kappa shape index (κ2) is 12.7. The van der Waals surface area contributed by atoms with E-state index in [2.05, 4.69) is 4.85 Å². The minimum atomic E-state index is -1.18. The molecule has 26 heavy (non-hydrogen) atoms. The first kappa shape index (κ1) is 25.6. The number of aromatic nitrogens is 1. The van der Waals surface area contributed by atoms with Crippen LogP contribution in [0.1, 0.15) is 52.8 Å². The van der Waals surface area contributed by atoms with Crippen LogP contribution in [0.25, 0.3) is 4.85 Å². The van der Waals surface area contributed by atoms with Crippen LogP contribution in [0.3, 0.4) is 0 Å². The van der Waals surface area contributed by atoms with Gasteiger partial charge in [0.2, 0.25) is 5.82 Å². The normalized spacial score (nSPS) is 9.23. The minimum absolute atomic E-state index is 0.0463. The van der Waals surface area contributed by atoms with E-state index >= 15 is 0 Å². The zero-order valence-electron chi connectivity index (χ0n) is 17.1. The van der Waals surface area contributed by atoms with Gasteiger partial charge in [-0.3, -0.25) is 10.1 Å². The predicted octanol–water partition coefficient (Wildman–Crippen LogP) is 5.76. The lowest BCUT2D eigenvalue weighted by molar-refractivity contribution is -0.386. The van der Waals surface area contributed by atoms with Gasteiger partial charge in [-0.05, 0) is 39.0 Å². The molecule has 0 fully saturated rings. The highest BCUT2D eigenvalue weighted by Gasteiger charge is 2.25. The Labute approximate surface area is 157 Å². The minimum Gasteiger partial charge on any atom is -0.385 e. The topological polar surface area (TPSA) is 72.7 Å². The molecule has 6 heteroatoms. The van der Waals surface area contributed by atoms with E-state index in [9.17, 15) is 15.2 Å². The van der Waals surface area contributed by atoms with E-state index in [1.54, 1.807) is 18.2 Å². The molecule has 0 atom stereocenters. The molecule has 0 saturated carbocycles. The molecule has 0 radical (unpaired) electrons. The molecule has 1 aromatic heterocycles. The lowest BCUT2D eigenvalue weighted by Gasteiger charge is -2.16. The highest BCUT2D eigenvalue weighted by molar-refractivity contribution is 5.43. The first-order valence-electron chi connectivity index (χ1n) is 8.64. The molecule has 0 aliphatic heterocycles. The maximum Gasteiger partial charge on any atom is 0.275 e. The molecular formula is C20H31N3O3. The van der Waals surface area contributed by atoms with Crippen LogP contribution in [0, 0.1) is 23.6 Å². The van der Waals surface area contributed by atoms with Crippen LogP contribution in [0.2, 0.25) is 0 Å². The van der Waals surface area contributed by atoms with Gasteiger partial charge < -0.3 is 14.5 Å². The Bertz CT molecular complexity index is 708. The first-order chi connectivity index (χ1) is 12.2. The SMILES string of the molecule is CC.CC.CC(C)(O)c1ccccc1[N+](=O)[O-].[C-]#[N+]c1ccc(C)n1C. The van der Waals surface area contributed by atoms with E-state index in [0.29, 0.717) is 11.4 Å². The fraction of sp³-hybridized carbons (Fsp3) is 0.450. The van der Waals surface area contributed by atoms with Crippen molar-refractivity contribution >= 4 is 11.5 Å². The molecule has 0 aliphatic carbocycles. The van der Waals surface area contributed by atoms with Crippen LogP contribution in [-0.4, -0.2) is 14.6 Å². The van der Waals surface area contributed by atoms with Crippen molar-refractivity contribution < 1.29 is 10.0 Å². The number of nitro groups is 1. The Morgan fingerprint density at radius 2 is 1.62 bits per heavy atom. The highest BCUT2D eigenvalue weighted by atomic mass is 16.6. The summed E-state index contributed by atoms with van der Waals surface area (Å²) in [6.07, 6.45) is 0. The summed E-state index contributed by atoms with van der Waals surface area (Å²) in [5.74, 6) is 0.701. The van der Waals surface area contributed by atoms with E-state index in [1.807, 2.05) is 58.4 Å². The van der Waals surface area contributed by atoms with Crippen molar-refractivity contribution in [1.82, 2.24) is 4.57 Å². The number of benzene rings is 1. The maximum absolute atomic E-state index is 10.6. The molecule has 2 rings (SSSR count). The summed E-state index contributed by atoms with van der Waals surface area (Å²) in [4.78, 5) is 13.4. The summed E-state index contributed by atoms with van der Waals surface area (Å²) >= 11 is 0. The van der Waals surface area contributed by atoms with Gasteiger partial charge in [0.15, 0.2) is 0 Å². The third-order valence-corrected chi connectivity index (χ3v) is 3.22. The molecule has 0 saturated heterocycles. The zero-order valence-corrected chi connectivity index (χ0v) is 17.1. The van der Waals surface area contributed by atoms with Crippen molar-refractivity contribution in [2.45, 2.75) is 54.1 Å². The summed E-state index contributed by atoms with van der Waals surface area (Å²) in [5, 5.41) is 20.2. The number of para-hydroxylation sites is 1. The van der Waals surface area contributed by atoms with Crippen molar-refractivity contribution in [3.05, 3.63) is 69.2 Å². The molecular weight excluding hydrogens is 330 g/mol. The molecule has 1 N–H and O–H groups in total. The van der Waals surface area contributed by atoms with Gasteiger partial charge in [-0.15, -0.1) is 0 Å². The van der Waals surface area contributed by atoms with Gasteiger partial charge in [-0.2, -0.15) is 0 Å². The number of hydrogen-bond donors (Lipinski definition) is 1. The molecule has 144 valence electrons. The average Bonchev–Trinajstić information content (AvgIpc) is 2.96. The molecule has 0 spiro atoms. The van der Waals surface area contributed by atoms with Gasteiger partial charge >= 0.3 is 0 Å². The molecule has 0 unspecified atom stereocenters. The Morgan fingerprint density at radius 3 is 1.88 bits per heavy atom. The number of aliphatic hydroxyl groups is 1. The Kier molecular flexibility index (Phi) is 12.5. The standard InChI is InChI=1S/C9H11NO3.C7H8N2.2C2H6/c1-9(2,11)7-5-3-4-6-8(7)10(12)13;1-6-4-5-7(8-2)9(6)3;2*1-2/h3-6,11H,1-2H3;4-5H,1,3H3;2*1-2H3. The third kappa shape index (κ3) is 7.95. The van der Waals surface area contributed by atoms with E-state index in [0.717, 1.165) is 5.69 Å². The Hall–Kier alpha value is -2.65. The summed E-state index contributed by atoms with van der Waals surface area (Å²) in [6, 6.07) is 9.94. The average molecular weight is 361 g/mol. The molecule has 0 amide bonds. The predicted molar refractivity (Wildman–Crippen MR) is 107 cm³/mol. The molecule has 0 aliphatic rings. The summed E-state index contributed by atoms with van der Waals surface area (Å²) in [7, 11) is 1.89. The van der Waals surface area contributed by atoms with Crippen molar-refractivity contribution in [2.75, 3.05) is 0 Å². The van der Waals surface area contributed by atoms with Crippen LogP contribution in [0.4, 0.5) is 11.5 Å². The third-order valence-electron chi connectivity index (χ3n) is 3.22. The Balaban J connectivity index is 0. The van der Waals surface area contributed by atoms with Crippen LogP contribution < -0.4 is 0 Å². The fourth-order valence-electron chi connectivity index (χ4n) is 1.86. The van der Waals surface area contributed by atoms with E-state index in [1.165, 1.54) is 19.9 Å². The van der Waals surface area contributed by atoms with Gasteiger partial charge in [0.05, 0.1) is 28.8 Å². The van der Waals surface area contributed by atoms with Crippen molar-refractivity contribution in [2.24, 2.45) is 7.05 Å². The summed E-state index contributed by atoms with van der Waals surface area (Å²) < 4.78 is 1.87. The second-order valence-corrected chi connectivity index (χ2v) is 5.34. The van der Waals surface area contributed by atoms with Crippen LogP contribution in [-0.2, 0) is 12.6 Å². The monoisotopic (exact) mass is 361 g/mol. The molecule has 0 bridgehead atoms. The van der Waals surface area contributed by atoms with Crippen LogP contribution in [0.15, 0.2) is 36.4 Å². The smallest absolute Gasteiger partial charge is 0.275 e. The van der Waals surface area contributed by atoms with E-state index in [-0.39, 0.29) is 5.69 Å². The quantitative estimate of drug-likeness (QED) is 0.420. The fourth-order valence-corrected chi connectivity index (χ4v) is 1.86. The number of aryl methyl sites for hydroxylation is 1. The van der Waals surface area contributed by atoms with Gasteiger partial charge in [-0.25, -0.2) is 0 Å². The second-order valence-electron chi connectivity index (χ2n) is 5.34. The molecule has 1 heterocycles. The lowest BCUT2D eigenvalue weighted by Crippen LogP contribution is -2.17. The largest absolute Gasteiger partial charge is 0.385 e. The summed E-state index contributed by atoms with van der Waals surface area (Å²) in [5.41, 5.74) is 0.236. The van der Waals surface area contributed by atoms with Gasteiger partial charge in [0, 0.05) is 6.07 Å². The lowest BCUT2D eigenvalue weighted by atomic mass is 9.97. The summed E-state index contributed by atoms with van der Waals surface area (Å²) in [6.45, 7) is 19.7. The zero-order chi connectivity index (χ0) is 20.9. The van der Waals surface area contributed by atoms with Gasteiger partial charge in [0.25, 0.3) is 5.69 Å². The number of hydrogen-bond acceptors (Lipinski definition) is 3. The number of rotatable bonds is 2. The highest BCUT2D eigenvalue weighted by Crippen LogP contribution is 2.28. The Morgan fingerprint density at radius 1 is 1.12 bits per heavy atom. The van der Waals surface area contributed by atoms with Crippen molar-refractivity contribution in [3.8, 4) is 0 Å². The van der Waals surface area contributed by atoms with Crippen LogP contribution in [0.5, 0.6) is 0 Å². The number of nitrogens with zero attached hydrogens (tertiary/aromatic N) is 3. The van der Waals surface area contributed by atoms with Gasteiger partial charge in [0.1, 0.15) is 0 Å². The first-order valence-corrected chi connectivity index (χ1v) is 8.64. The van der Waals surface area contributed by atoms with E-state index < -0.39 is 10.5 Å². The van der Waals surface area contributed by atoms with Crippen molar-refractivity contribution in [1.29, 1.82) is 0 Å². The van der Waals surface area contributed by atoms with Gasteiger partial charge in [-0.1, -0.05) is 46.4 Å². The van der Waals surface area contributed by atoms with E-state index in [4.69, 9.17) is 6.57 Å². The van der Waals surface area contributed by atoms with Crippen molar-refractivity contribution in [3.63, 3.8) is 0 Å². The number of nitro benzene ring substituents is 1. The maximum atomic E-state index is 10.6. The molecule has 6 nitrogen and oxygen atoms in total.